The van der Waals surface area contributed by atoms with Gasteiger partial charge >= 0.3 is 11.9 Å². The van der Waals surface area contributed by atoms with E-state index in [1.165, 1.54) is 11.1 Å². The van der Waals surface area contributed by atoms with Crippen molar-refractivity contribution in [3.63, 3.8) is 0 Å². The maximum absolute atomic E-state index is 11.8. The van der Waals surface area contributed by atoms with Crippen molar-refractivity contribution in [1.82, 2.24) is 0 Å². The van der Waals surface area contributed by atoms with Crippen LogP contribution in [0.2, 0.25) is 0 Å². The standard InChI is InChI=1S/C22H24O4/c23-21(24)19(18-14-20(18)22(25)26)13-17(11-15-7-3-1-4-8-15)12-16-9-5-2-6-10-16/h1-10,17-20H,11-14H2,(H,23,24)(H,25,26). The van der Waals surface area contributed by atoms with E-state index < -0.39 is 23.8 Å². The van der Waals surface area contributed by atoms with Gasteiger partial charge in [-0.1, -0.05) is 60.7 Å². The first kappa shape index (κ1) is 18.2. The molecule has 1 fully saturated rings. The minimum absolute atomic E-state index is 0.163. The van der Waals surface area contributed by atoms with Crippen molar-refractivity contribution in [3.8, 4) is 0 Å². The minimum Gasteiger partial charge on any atom is -0.481 e. The molecule has 0 aromatic heterocycles. The second kappa shape index (κ2) is 8.17. The van der Waals surface area contributed by atoms with Crippen LogP contribution in [-0.2, 0) is 22.4 Å². The van der Waals surface area contributed by atoms with Gasteiger partial charge in [-0.15, -0.1) is 0 Å². The normalized spacial score (nSPS) is 19.9. The van der Waals surface area contributed by atoms with Gasteiger partial charge in [-0.25, -0.2) is 0 Å². The third-order valence-electron chi connectivity index (χ3n) is 5.31. The third kappa shape index (κ3) is 4.72. The van der Waals surface area contributed by atoms with E-state index in [-0.39, 0.29) is 11.8 Å². The summed E-state index contributed by atoms with van der Waals surface area (Å²) in [7, 11) is 0. The summed E-state index contributed by atoms with van der Waals surface area (Å²) in [6, 6.07) is 20.1. The van der Waals surface area contributed by atoms with Crippen molar-refractivity contribution in [1.29, 1.82) is 0 Å². The quantitative estimate of drug-likeness (QED) is 0.718. The summed E-state index contributed by atoms with van der Waals surface area (Å²) in [6.07, 6.45) is 2.58. The minimum atomic E-state index is -0.871. The zero-order valence-electron chi connectivity index (χ0n) is 14.6. The predicted molar refractivity (Wildman–Crippen MR) is 98.8 cm³/mol. The molecule has 3 atom stereocenters. The number of aliphatic carboxylic acids is 2. The van der Waals surface area contributed by atoms with Gasteiger partial charge in [-0.05, 0) is 48.6 Å². The van der Waals surface area contributed by atoms with Crippen LogP contribution in [-0.4, -0.2) is 22.2 Å². The monoisotopic (exact) mass is 352 g/mol. The molecule has 2 N–H and O–H groups in total. The molecule has 136 valence electrons. The zero-order valence-corrected chi connectivity index (χ0v) is 14.6. The number of carbonyl (C=O) groups is 2. The van der Waals surface area contributed by atoms with E-state index in [0.29, 0.717) is 12.8 Å². The first-order valence-electron chi connectivity index (χ1n) is 9.08. The molecule has 0 radical (unpaired) electrons. The Morgan fingerprint density at radius 3 is 1.77 bits per heavy atom. The number of rotatable bonds is 9. The fraction of sp³-hybridized carbons (Fsp3) is 0.364. The second-order valence-electron chi connectivity index (χ2n) is 7.27. The van der Waals surface area contributed by atoms with Gasteiger partial charge in [0.15, 0.2) is 0 Å². The molecule has 3 unspecified atom stereocenters. The molecule has 2 aromatic carbocycles. The van der Waals surface area contributed by atoms with E-state index in [1.54, 1.807) is 0 Å². The van der Waals surface area contributed by atoms with Crippen LogP contribution in [0.1, 0.15) is 24.0 Å². The Labute approximate surface area is 153 Å². The molecule has 0 heterocycles. The van der Waals surface area contributed by atoms with E-state index in [4.69, 9.17) is 5.11 Å². The highest BCUT2D eigenvalue weighted by molar-refractivity contribution is 5.77. The molecule has 3 rings (SSSR count). The van der Waals surface area contributed by atoms with Crippen molar-refractivity contribution >= 4 is 11.9 Å². The van der Waals surface area contributed by atoms with Crippen molar-refractivity contribution in [2.24, 2.45) is 23.7 Å². The van der Waals surface area contributed by atoms with Crippen LogP contribution in [0.25, 0.3) is 0 Å². The largest absolute Gasteiger partial charge is 0.481 e. The SMILES string of the molecule is O=C(O)C(CC(Cc1ccccc1)Cc1ccccc1)C1CC1C(=O)O. The highest BCUT2D eigenvalue weighted by Gasteiger charge is 2.50. The van der Waals surface area contributed by atoms with Crippen LogP contribution in [0.15, 0.2) is 60.7 Å². The maximum Gasteiger partial charge on any atom is 0.306 e. The van der Waals surface area contributed by atoms with Crippen LogP contribution in [0, 0.1) is 23.7 Å². The van der Waals surface area contributed by atoms with Crippen LogP contribution in [0.5, 0.6) is 0 Å². The Balaban J connectivity index is 1.75. The van der Waals surface area contributed by atoms with Gasteiger partial charge in [0.1, 0.15) is 0 Å². The van der Waals surface area contributed by atoms with Crippen LogP contribution >= 0.6 is 0 Å². The van der Waals surface area contributed by atoms with Crippen molar-refractivity contribution in [2.75, 3.05) is 0 Å². The molecule has 0 spiro atoms. The number of carboxylic acids is 2. The average Bonchev–Trinajstić information content (AvgIpc) is 3.42. The van der Waals surface area contributed by atoms with E-state index in [2.05, 4.69) is 24.3 Å². The molecule has 0 bridgehead atoms. The summed E-state index contributed by atoms with van der Waals surface area (Å²) in [5.41, 5.74) is 2.37. The second-order valence-corrected chi connectivity index (χ2v) is 7.27. The van der Waals surface area contributed by atoms with E-state index in [0.717, 1.165) is 12.8 Å². The fourth-order valence-electron chi connectivity index (χ4n) is 3.89. The maximum atomic E-state index is 11.8. The van der Waals surface area contributed by atoms with Crippen LogP contribution in [0.4, 0.5) is 0 Å². The molecule has 2 aromatic rings. The van der Waals surface area contributed by atoms with Gasteiger partial charge < -0.3 is 10.2 Å². The van der Waals surface area contributed by atoms with Gasteiger partial charge in [0.2, 0.25) is 0 Å². The lowest BCUT2D eigenvalue weighted by Gasteiger charge is -2.22. The number of hydrogen-bond donors (Lipinski definition) is 2. The summed E-state index contributed by atoms with van der Waals surface area (Å²) in [4.78, 5) is 23.0. The number of benzene rings is 2. The molecule has 4 heteroatoms. The Morgan fingerprint density at radius 1 is 0.885 bits per heavy atom. The topological polar surface area (TPSA) is 74.6 Å². The zero-order chi connectivity index (χ0) is 18.5. The van der Waals surface area contributed by atoms with E-state index in [1.807, 2.05) is 36.4 Å². The lowest BCUT2D eigenvalue weighted by atomic mass is 9.83. The molecule has 1 aliphatic carbocycles. The Hall–Kier alpha value is -2.62. The molecule has 26 heavy (non-hydrogen) atoms. The smallest absolute Gasteiger partial charge is 0.306 e. The molecule has 1 aliphatic rings. The Morgan fingerprint density at radius 2 is 1.38 bits per heavy atom. The van der Waals surface area contributed by atoms with E-state index >= 15 is 0 Å². The molecule has 4 nitrogen and oxygen atoms in total. The molecule has 0 amide bonds. The first-order chi connectivity index (χ1) is 12.5. The predicted octanol–water partition coefficient (Wildman–Crippen LogP) is 3.90. The Kier molecular flexibility index (Phi) is 5.71. The summed E-state index contributed by atoms with van der Waals surface area (Å²) < 4.78 is 0. The van der Waals surface area contributed by atoms with Crippen LogP contribution < -0.4 is 0 Å². The first-order valence-corrected chi connectivity index (χ1v) is 9.08. The van der Waals surface area contributed by atoms with Crippen molar-refractivity contribution < 1.29 is 19.8 Å². The third-order valence-corrected chi connectivity index (χ3v) is 5.31. The summed E-state index contributed by atoms with van der Waals surface area (Å²) in [5.74, 6) is -2.90. The number of hydrogen-bond acceptors (Lipinski definition) is 2. The van der Waals surface area contributed by atoms with Gasteiger partial charge in [0.25, 0.3) is 0 Å². The fourth-order valence-corrected chi connectivity index (χ4v) is 3.89. The summed E-state index contributed by atoms with van der Waals surface area (Å²) in [5, 5.41) is 18.8. The van der Waals surface area contributed by atoms with Crippen molar-refractivity contribution in [3.05, 3.63) is 71.8 Å². The highest BCUT2D eigenvalue weighted by atomic mass is 16.4. The van der Waals surface area contributed by atoms with Gasteiger partial charge in [-0.3, -0.25) is 9.59 Å². The van der Waals surface area contributed by atoms with E-state index in [9.17, 15) is 14.7 Å². The lowest BCUT2D eigenvalue weighted by Crippen LogP contribution is -2.24. The molecular formula is C22H24O4. The van der Waals surface area contributed by atoms with Gasteiger partial charge in [0, 0.05) is 0 Å². The molecule has 0 saturated heterocycles. The molecule has 0 aliphatic heterocycles. The summed E-state index contributed by atoms with van der Waals surface area (Å²) in [6.45, 7) is 0. The highest BCUT2D eigenvalue weighted by Crippen LogP contribution is 2.47. The summed E-state index contributed by atoms with van der Waals surface area (Å²) >= 11 is 0. The lowest BCUT2D eigenvalue weighted by molar-refractivity contribution is -0.144. The molecule has 1 saturated carbocycles. The number of carboxylic acid groups (broad SMARTS) is 2. The average molecular weight is 352 g/mol. The van der Waals surface area contributed by atoms with Crippen LogP contribution in [0.3, 0.4) is 0 Å². The van der Waals surface area contributed by atoms with Gasteiger partial charge in [0.05, 0.1) is 11.8 Å². The van der Waals surface area contributed by atoms with Crippen molar-refractivity contribution in [2.45, 2.75) is 25.7 Å². The molecular weight excluding hydrogens is 328 g/mol. The Bertz CT molecular complexity index is 700. The van der Waals surface area contributed by atoms with Gasteiger partial charge in [-0.2, -0.15) is 0 Å².